The molecule has 0 saturated carbocycles. The molecule has 6 heteroatoms. The summed E-state index contributed by atoms with van der Waals surface area (Å²) in [5, 5.41) is 6.71. The van der Waals surface area contributed by atoms with E-state index in [0.717, 1.165) is 31.1 Å². The highest BCUT2D eigenvalue weighted by Crippen LogP contribution is 2.29. The predicted octanol–water partition coefficient (Wildman–Crippen LogP) is 1.45. The Balaban J connectivity index is 2.18. The van der Waals surface area contributed by atoms with Gasteiger partial charge in [0.2, 0.25) is 5.91 Å². The maximum Gasteiger partial charge on any atom is 0.256 e. The normalized spacial score (nSPS) is 15.4. The smallest absolute Gasteiger partial charge is 0.256 e. The summed E-state index contributed by atoms with van der Waals surface area (Å²) in [6, 6.07) is 1.86. The zero-order valence-electron chi connectivity index (χ0n) is 11.3. The van der Waals surface area contributed by atoms with Gasteiger partial charge in [-0.1, -0.05) is 6.92 Å². The van der Waals surface area contributed by atoms with Crippen LogP contribution in [0.1, 0.15) is 28.6 Å². The first-order chi connectivity index (χ1) is 9.11. The SMILES string of the molecule is CCC(=O)Nc1sc(C)cc1C(=O)N1CCNCC1. The van der Waals surface area contributed by atoms with E-state index in [4.69, 9.17) is 0 Å². The second-order valence-corrected chi connectivity index (χ2v) is 5.80. The number of anilines is 1. The molecule has 2 N–H and O–H groups in total. The minimum atomic E-state index is -0.0591. The molecule has 0 unspecified atom stereocenters. The van der Waals surface area contributed by atoms with Crippen LogP contribution in [0.25, 0.3) is 0 Å². The van der Waals surface area contributed by atoms with Crippen molar-refractivity contribution in [3.63, 3.8) is 0 Å². The Kier molecular flexibility index (Phi) is 4.55. The number of piperazine rings is 1. The molecule has 5 nitrogen and oxygen atoms in total. The van der Waals surface area contributed by atoms with Gasteiger partial charge in [0.25, 0.3) is 5.91 Å². The Morgan fingerprint density at radius 3 is 2.74 bits per heavy atom. The van der Waals surface area contributed by atoms with E-state index >= 15 is 0 Å². The Labute approximate surface area is 117 Å². The lowest BCUT2D eigenvalue weighted by Gasteiger charge is -2.27. The molecule has 0 radical (unpaired) electrons. The molecule has 104 valence electrons. The summed E-state index contributed by atoms with van der Waals surface area (Å²) >= 11 is 1.46. The van der Waals surface area contributed by atoms with E-state index in [0.29, 0.717) is 17.0 Å². The van der Waals surface area contributed by atoms with Gasteiger partial charge in [0.1, 0.15) is 5.00 Å². The van der Waals surface area contributed by atoms with E-state index in [-0.39, 0.29) is 11.8 Å². The van der Waals surface area contributed by atoms with Crippen LogP contribution in [-0.4, -0.2) is 42.9 Å². The predicted molar refractivity (Wildman–Crippen MR) is 76.7 cm³/mol. The van der Waals surface area contributed by atoms with Gasteiger partial charge in [-0.15, -0.1) is 11.3 Å². The Morgan fingerprint density at radius 2 is 2.11 bits per heavy atom. The number of nitrogens with zero attached hydrogens (tertiary/aromatic N) is 1. The van der Waals surface area contributed by atoms with Gasteiger partial charge in [-0.3, -0.25) is 9.59 Å². The molecule has 0 spiro atoms. The summed E-state index contributed by atoms with van der Waals surface area (Å²) in [5.74, 6) is -0.0477. The van der Waals surface area contributed by atoms with Crippen molar-refractivity contribution in [2.24, 2.45) is 0 Å². The number of carbonyl (C=O) groups excluding carboxylic acids is 2. The van der Waals surface area contributed by atoms with Gasteiger partial charge in [-0.25, -0.2) is 0 Å². The largest absolute Gasteiger partial charge is 0.336 e. The summed E-state index contributed by atoms with van der Waals surface area (Å²) in [5.41, 5.74) is 0.617. The average molecular weight is 281 g/mol. The first-order valence-corrected chi connectivity index (χ1v) is 7.33. The molecular formula is C13H19N3O2S. The molecule has 1 aromatic rings. The van der Waals surface area contributed by atoms with Crippen LogP contribution in [0.5, 0.6) is 0 Å². The summed E-state index contributed by atoms with van der Waals surface area (Å²) in [7, 11) is 0. The molecule has 1 aromatic heterocycles. The Bertz CT molecular complexity index is 478. The fourth-order valence-electron chi connectivity index (χ4n) is 2.02. The number of thiophene rings is 1. The number of hydrogen-bond acceptors (Lipinski definition) is 4. The monoisotopic (exact) mass is 281 g/mol. The van der Waals surface area contributed by atoms with Gasteiger partial charge in [0.15, 0.2) is 0 Å². The van der Waals surface area contributed by atoms with Crippen LogP contribution in [0.2, 0.25) is 0 Å². The van der Waals surface area contributed by atoms with E-state index in [9.17, 15) is 9.59 Å². The van der Waals surface area contributed by atoms with Gasteiger partial charge < -0.3 is 15.5 Å². The molecule has 0 atom stereocenters. The highest BCUT2D eigenvalue weighted by atomic mass is 32.1. The molecule has 2 heterocycles. The lowest BCUT2D eigenvalue weighted by atomic mass is 10.2. The summed E-state index contributed by atoms with van der Waals surface area (Å²) in [4.78, 5) is 26.8. The number of hydrogen-bond donors (Lipinski definition) is 2. The van der Waals surface area contributed by atoms with E-state index in [1.807, 2.05) is 17.9 Å². The lowest BCUT2D eigenvalue weighted by Crippen LogP contribution is -2.46. The van der Waals surface area contributed by atoms with Crippen LogP contribution >= 0.6 is 11.3 Å². The third kappa shape index (κ3) is 3.33. The minimum Gasteiger partial charge on any atom is -0.336 e. The standard InChI is InChI=1S/C13H19N3O2S/c1-3-11(17)15-12-10(8-9(2)19-12)13(18)16-6-4-14-5-7-16/h8,14H,3-7H2,1-2H3,(H,15,17). The van der Waals surface area contributed by atoms with Crippen molar-refractivity contribution in [2.75, 3.05) is 31.5 Å². The van der Waals surface area contributed by atoms with Crippen molar-refractivity contribution < 1.29 is 9.59 Å². The number of carbonyl (C=O) groups is 2. The fraction of sp³-hybridized carbons (Fsp3) is 0.538. The van der Waals surface area contributed by atoms with Crippen LogP contribution in [0.4, 0.5) is 5.00 Å². The van der Waals surface area contributed by atoms with Gasteiger partial charge in [-0.05, 0) is 13.0 Å². The van der Waals surface area contributed by atoms with Crippen LogP contribution in [0.15, 0.2) is 6.07 Å². The third-order valence-electron chi connectivity index (χ3n) is 3.06. The van der Waals surface area contributed by atoms with Crippen molar-refractivity contribution in [3.05, 3.63) is 16.5 Å². The molecule has 1 saturated heterocycles. The molecule has 0 bridgehead atoms. The van der Waals surface area contributed by atoms with E-state index in [2.05, 4.69) is 10.6 Å². The molecule has 1 aliphatic heterocycles. The number of nitrogens with one attached hydrogen (secondary N) is 2. The third-order valence-corrected chi connectivity index (χ3v) is 4.03. The summed E-state index contributed by atoms with van der Waals surface area (Å²) < 4.78 is 0. The number of aryl methyl sites for hydroxylation is 1. The molecule has 19 heavy (non-hydrogen) atoms. The van der Waals surface area contributed by atoms with Crippen molar-refractivity contribution >= 4 is 28.2 Å². The average Bonchev–Trinajstić information content (AvgIpc) is 2.79. The van der Waals surface area contributed by atoms with Crippen LogP contribution in [0, 0.1) is 6.92 Å². The molecular weight excluding hydrogens is 262 g/mol. The highest BCUT2D eigenvalue weighted by Gasteiger charge is 2.22. The molecule has 0 aromatic carbocycles. The molecule has 0 aliphatic carbocycles. The summed E-state index contributed by atoms with van der Waals surface area (Å²) in [6.45, 7) is 6.83. The molecule has 2 amide bonds. The van der Waals surface area contributed by atoms with E-state index in [1.165, 1.54) is 11.3 Å². The zero-order valence-corrected chi connectivity index (χ0v) is 12.1. The maximum absolute atomic E-state index is 12.5. The van der Waals surface area contributed by atoms with Gasteiger partial charge in [-0.2, -0.15) is 0 Å². The van der Waals surface area contributed by atoms with Gasteiger partial charge >= 0.3 is 0 Å². The highest BCUT2D eigenvalue weighted by molar-refractivity contribution is 7.16. The zero-order chi connectivity index (χ0) is 13.8. The Hall–Kier alpha value is -1.40. The van der Waals surface area contributed by atoms with Crippen LogP contribution in [-0.2, 0) is 4.79 Å². The molecule has 1 aliphatic rings. The van der Waals surface area contributed by atoms with Crippen molar-refractivity contribution in [2.45, 2.75) is 20.3 Å². The van der Waals surface area contributed by atoms with Crippen LogP contribution in [0.3, 0.4) is 0 Å². The van der Waals surface area contributed by atoms with Crippen molar-refractivity contribution in [1.82, 2.24) is 10.2 Å². The van der Waals surface area contributed by atoms with Gasteiger partial charge in [0.05, 0.1) is 5.56 Å². The summed E-state index contributed by atoms with van der Waals surface area (Å²) in [6.07, 6.45) is 0.415. The Morgan fingerprint density at radius 1 is 1.42 bits per heavy atom. The molecule has 2 rings (SSSR count). The number of amides is 2. The first kappa shape index (κ1) is 14.0. The maximum atomic E-state index is 12.5. The first-order valence-electron chi connectivity index (χ1n) is 6.52. The number of rotatable bonds is 3. The van der Waals surface area contributed by atoms with Crippen LogP contribution < -0.4 is 10.6 Å². The van der Waals surface area contributed by atoms with Gasteiger partial charge in [0, 0.05) is 37.5 Å². The molecule has 1 fully saturated rings. The lowest BCUT2D eigenvalue weighted by molar-refractivity contribution is -0.115. The fourth-order valence-corrected chi connectivity index (χ4v) is 2.94. The topological polar surface area (TPSA) is 61.4 Å². The second kappa shape index (κ2) is 6.16. The minimum absolute atomic E-state index is 0.0113. The van der Waals surface area contributed by atoms with E-state index in [1.54, 1.807) is 6.92 Å². The quantitative estimate of drug-likeness (QED) is 0.881. The van der Waals surface area contributed by atoms with Crippen molar-refractivity contribution in [3.8, 4) is 0 Å². The second-order valence-electron chi connectivity index (χ2n) is 4.54. The van der Waals surface area contributed by atoms with E-state index < -0.39 is 0 Å². The van der Waals surface area contributed by atoms with Crippen molar-refractivity contribution in [1.29, 1.82) is 0 Å².